The van der Waals surface area contributed by atoms with Crippen molar-refractivity contribution in [2.24, 2.45) is 11.8 Å². The maximum atomic E-state index is 14.5. The number of amides is 1. The molecule has 5 nitrogen and oxygen atoms in total. The van der Waals surface area contributed by atoms with E-state index in [2.05, 4.69) is 32.9 Å². The highest BCUT2D eigenvalue weighted by atomic mass is 79.9. The van der Waals surface area contributed by atoms with Crippen LogP contribution in [0.25, 0.3) is 16.9 Å². The topological polar surface area (TPSA) is 50.5 Å². The molecule has 3 atom stereocenters. The van der Waals surface area contributed by atoms with Gasteiger partial charge in [0.25, 0.3) is 5.91 Å². The number of hydrogen-bond acceptors (Lipinski definition) is 3. The van der Waals surface area contributed by atoms with E-state index in [1.54, 1.807) is 22.7 Å². The number of carbonyl (C=O) groups excluding carboxylic acids is 1. The summed E-state index contributed by atoms with van der Waals surface area (Å²) >= 11 is 3.29. The first-order valence-corrected chi connectivity index (χ1v) is 11.4. The normalized spacial score (nSPS) is 23.3. The molecule has 156 valence electrons. The molecule has 1 saturated carbocycles. The number of aromatic nitrogens is 3. The highest BCUT2D eigenvalue weighted by Crippen LogP contribution is 2.42. The van der Waals surface area contributed by atoms with Crippen molar-refractivity contribution in [3.63, 3.8) is 0 Å². The summed E-state index contributed by atoms with van der Waals surface area (Å²) in [5.74, 6) is 0.886. The van der Waals surface area contributed by atoms with Gasteiger partial charge in [0.2, 0.25) is 0 Å². The summed E-state index contributed by atoms with van der Waals surface area (Å²) in [5, 5.41) is 4.58. The zero-order chi connectivity index (χ0) is 21.0. The number of rotatable bonds is 3. The number of likely N-dealkylation sites (tertiary alicyclic amines) is 1. The van der Waals surface area contributed by atoms with Crippen LogP contribution in [0.15, 0.2) is 34.8 Å². The fourth-order valence-corrected chi connectivity index (χ4v) is 5.55. The first-order chi connectivity index (χ1) is 14.5. The smallest absolute Gasteiger partial charge is 0.272 e. The lowest BCUT2D eigenvalue weighted by Crippen LogP contribution is -2.36. The number of nitrogens with zero attached hydrogens (tertiary/aromatic N) is 4. The molecule has 3 heterocycles. The Balaban J connectivity index is 1.53. The van der Waals surface area contributed by atoms with Crippen molar-refractivity contribution >= 4 is 27.5 Å². The minimum absolute atomic E-state index is 0.00771. The highest BCUT2D eigenvalue weighted by molar-refractivity contribution is 9.10. The Morgan fingerprint density at radius 3 is 2.83 bits per heavy atom. The van der Waals surface area contributed by atoms with Crippen LogP contribution in [0.5, 0.6) is 0 Å². The van der Waals surface area contributed by atoms with Crippen molar-refractivity contribution in [2.75, 3.05) is 6.54 Å². The number of halogens is 2. The minimum atomic E-state index is -0.348. The minimum Gasteiger partial charge on any atom is -0.334 e. The molecule has 1 aromatic carbocycles. The molecule has 0 spiro atoms. The summed E-state index contributed by atoms with van der Waals surface area (Å²) in [4.78, 5) is 20.0. The van der Waals surface area contributed by atoms with E-state index < -0.39 is 0 Å². The second-order valence-corrected chi connectivity index (χ2v) is 9.38. The van der Waals surface area contributed by atoms with Crippen LogP contribution in [0.4, 0.5) is 4.39 Å². The summed E-state index contributed by atoms with van der Waals surface area (Å²) in [7, 11) is 0. The molecule has 1 saturated heterocycles. The second kappa shape index (κ2) is 7.45. The van der Waals surface area contributed by atoms with Crippen LogP contribution in [0.1, 0.15) is 49.3 Å². The first kappa shape index (κ1) is 19.7. The molecule has 2 aliphatic rings. The van der Waals surface area contributed by atoms with Crippen LogP contribution in [0, 0.1) is 17.7 Å². The van der Waals surface area contributed by atoms with Crippen LogP contribution in [0.3, 0.4) is 0 Å². The van der Waals surface area contributed by atoms with Crippen molar-refractivity contribution in [1.82, 2.24) is 19.5 Å². The molecule has 7 heteroatoms. The predicted octanol–water partition coefficient (Wildman–Crippen LogP) is 5.12. The van der Waals surface area contributed by atoms with Crippen molar-refractivity contribution < 1.29 is 9.18 Å². The molecule has 5 rings (SSSR count). The van der Waals surface area contributed by atoms with E-state index >= 15 is 0 Å². The third kappa shape index (κ3) is 3.14. The zero-order valence-corrected chi connectivity index (χ0v) is 18.7. The average Bonchev–Trinajstić information content (AvgIpc) is 3.42. The van der Waals surface area contributed by atoms with Gasteiger partial charge in [0, 0.05) is 34.4 Å². The van der Waals surface area contributed by atoms with Gasteiger partial charge in [0.05, 0.1) is 5.69 Å². The summed E-state index contributed by atoms with van der Waals surface area (Å²) < 4.78 is 16.8. The molecule has 0 N–H and O–H groups in total. The van der Waals surface area contributed by atoms with Crippen molar-refractivity contribution in [3.05, 3.63) is 52.0 Å². The molecule has 2 fully saturated rings. The van der Waals surface area contributed by atoms with E-state index in [1.807, 2.05) is 17.9 Å². The van der Waals surface area contributed by atoms with Gasteiger partial charge in [0.1, 0.15) is 11.5 Å². The van der Waals surface area contributed by atoms with Gasteiger partial charge in [-0.2, -0.15) is 5.10 Å². The van der Waals surface area contributed by atoms with Gasteiger partial charge in [0.15, 0.2) is 5.65 Å². The molecule has 3 aromatic rings. The third-order valence-corrected chi connectivity index (χ3v) is 7.30. The van der Waals surface area contributed by atoms with E-state index in [-0.39, 0.29) is 17.8 Å². The lowest BCUT2D eigenvalue weighted by Gasteiger charge is -2.24. The molecular weight excluding hydrogens is 447 g/mol. The van der Waals surface area contributed by atoms with Crippen LogP contribution in [-0.4, -0.2) is 38.0 Å². The highest BCUT2D eigenvalue weighted by Gasteiger charge is 2.44. The summed E-state index contributed by atoms with van der Waals surface area (Å²) in [6, 6.07) is 8.76. The Morgan fingerprint density at radius 2 is 2.10 bits per heavy atom. The summed E-state index contributed by atoms with van der Waals surface area (Å²) in [6.07, 6.45) is 4.41. The predicted molar refractivity (Wildman–Crippen MR) is 117 cm³/mol. The monoisotopic (exact) mass is 470 g/mol. The van der Waals surface area contributed by atoms with Crippen LogP contribution < -0.4 is 0 Å². The number of hydrogen-bond donors (Lipinski definition) is 0. The average molecular weight is 471 g/mol. The van der Waals surface area contributed by atoms with Crippen LogP contribution in [-0.2, 0) is 6.42 Å². The van der Waals surface area contributed by atoms with Crippen LogP contribution in [0.2, 0.25) is 0 Å². The Morgan fingerprint density at radius 1 is 1.27 bits per heavy atom. The Bertz CT molecular complexity index is 1140. The molecule has 0 radical (unpaired) electrons. The molecule has 1 amide bonds. The molecule has 1 aliphatic carbocycles. The Labute approximate surface area is 183 Å². The third-order valence-electron chi connectivity index (χ3n) is 6.81. The summed E-state index contributed by atoms with van der Waals surface area (Å²) in [5.41, 5.74) is 2.84. The van der Waals surface area contributed by atoms with E-state index in [9.17, 15) is 9.18 Å². The Kier molecular flexibility index (Phi) is 4.88. The molecule has 0 unspecified atom stereocenters. The van der Waals surface area contributed by atoms with Gasteiger partial charge in [-0.05, 0) is 62.3 Å². The van der Waals surface area contributed by atoms with E-state index in [4.69, 9.17) is 0 Å². The van der Waals surface area contributed by atoms with Gasteiger partial charge in [-0.25, -0.2) is 13.9 Å². The molecule has 2 aromatic heterocycles. The fraction of sp³-hybridized carbons (Fsp3) is 0.435. The van der Waals surface area contributed by atoms with Crippen molar-refractivity contribution in [1.29, 1.82) is 0 Å². The molecule has 1 aliphatic heterocycles. The SMILES string of the molecule is CCc1cc(C(=O)N2C[C@@H]3CCC[C@@H]3[C@H]2C)nc2cc(-c3ccc(Br)cc3F)nn12. The largest absolute Gasteiger partial charge is 0.334 e. The first-order valence-electron chi connectivity index (χ1n) is 10.6. The number of aryl methyl sites for hydroxylation is 1. The lowest BCUT2D eigenvalue weighted by atomic mass is 9.95. The maximum absolute atomic E-state index is 14.5. The second-order valence-electron chi connectivity index (χ2n) is 8.46. The van der Waals surface area contributed by atoms with Gasteiger partial charge >= 0.3 is 0 Å². The molecular formula is C23H24BrFN4O. The fourth-order valence-electron chi connectivity index (χ4n) is 5.22. The van der Waals surface area contributed by atoms with Crippen LogP contribution >= 0.6 is 15.9 Å². The number of benzene rings is 1. The molecule has 0 bridgehead atoms. The number of carbonyl (C=O) groups is 1. The van der Waals surface area contributed by atoms with Crippen molar-refractivity contribution in [3.8, 4) is 11.3 Å². The van der Waals surface area contributed by atoms with Crippen molar-refractivity contribution in [2.45, 2.75) is 45.6 Å². The maximum Gasteiger partial charge on any atom is 0.272 e. The van der Waals surface area contributed by atoms with E-state index in [0.29, 0.717) is 45.3 Å². The van der Waals surface area contributed by atoms with Gasteiger partial charge < -0.3 is 4.90 Å². The zero-order valence-electron chi connectivity index (χ0n) is 17.1. The molecule has 30 heavy (non-hydrogen) atoms. The van der Waals surface area contributed by atoms with Gasteiger partial charge in [-0.15, -0.1) is 0 Å². The summed E-state index contributed by atoms with van der Waals surface area (Å²) in [6.45, 7) is 5.02. The van der Waals surface area contributed by atoms with Gasteiger partial charge in [-0.1, -0.05) is 29.3 Å². The standard InChI is InChI=1S/C23H24BrFN4O/c1-3-16-10-21(23(30)28-12-14-5-4-6-17(14)13(28)2)26-22-11-20(27-29(16)22)18-8-7-15(24)9-19(18)25/h7-11,13-14,17H,3-6,12H2,1-2H3/t13-,14+,17-/m1/s1. The number of fused-ring (bicyclic) bond motifs is 2. The van der Waals surface area contributed by atoms with E-state index in [1.165, 1.54) is 25.3 Å². The lowest BCUT2D eigenvalue weighted by molar-refractivity contribution is 0.0720. The Hall–Kier alpha value is -2.28. The van der Waals surface area contributed by atoms with Gasteiger partial charge in [-0.3, -0.25) is 4.79 Å². The quantitative estimate of drug-likeness (QED) is 0.533. The van der Waals surface area contributed by atoms with E-state index in [0.717, 1.165) is 12.2 Å².